The van der Waals surface area contributed by atoms with Gasteiger partial charge >= 0.3 is 0 Å². The van der Waals surface area contributed by atoms with E-state index < -0.39 is 0 Å². The Morgan fingerprint density at radius 3 is 2.53 bits per heavy atom. The van der Waals surface area contributed by atoms with E-state index in [1.165, 1.54) is 25.7 Å². The Kier molecular flexibility index (Phi) is 4.31. The first-order chi connectivity index (χ1) is 8.24. The molecule has 0 saturated heterocycles. The van der Waals surface area contributed by atoms with Crippen LogP contribution in [-0.4, -0.2) is 29.2 Å². The van der Waals surface area contributed by atoms with Gasteiger partial charge in [-0.2, -0.15) is 0 Å². The molecule has 94 valence electrons. The number of nitrogens with zero attached hydrogens (tertiary/aromatic N) is 2. The van der Waals surface area contributed by atoms with Crippen LogP contribution >= 0.6 is 0 Å². The zero-order chi connectivity index (χ0) is 12.1. The van der Waals surface area contributed by atoms with Crippen LogP contribution in [0.1, 0.15) is 37.1 Å². The Morgan fingerprint density at radius 2 is 1.88 bits per heavy atom. The number of nitrogens with one attached hydrogen (secondary N) is 1. The van der Waals surface area contributed by atoms with Gasteiger partial charge < -0.3 is 10.1 Å². The Morgan fingerprint density at radius 1 is 1.24 bits per heavy atom. The molecule has 1 fully saturated rings. The van der Waals surface area contributed by atoms with Gasteiger partial charge in [-0.15, -0.1) is 0 Å². The van der Waals surface area contributed by atoms with Crippen molar-refractivity contribution >= 4 is 5.95 Å². The molecular formula is C13H21N3O. The van der Waals surface area contributed by atoms with E-state index in [1.54, 1.807) is 0 Å². The van der Waals surface area contributed by atoms with Gasteiger partial charge in [0.1, 0.15) is 0 Å². The summed E-state index contributed by atoms with van der Waals surface area (Å²) < 4.78 is 5.77. The topological polar surface area (TPSA) is 47.0 Å². The number of hydrogen-bond donors (Lipinski definition) is 1. The Hall–Kier alpha value is -1.16. The molecular weight excluding hydrogens is 214 g/mol. The van der Waals surface area contributed by atoms with Crippen molar-refractivity contribution in [3.8, 4) is 0 Å². The Bertz CT molecular complexity index is 341. The zero-order valence-electron chi connectivity index (χ0n) is 10.7. The summed E-state index contributed by atoms with van der Waals surface area (Å²) in [6, 6.07) is 1.97. The van der Waals surface area contributed by atoms with E-state index in [9.17, 15) is 0 Å². The molecule has 1 saturated carbocycles. The molecule has 2 rings (SSSR count). The van der Waals surface area contributed by atoms with E-state index in [1.807, 2.05) is 19.9 Å². The fraction of sp³-hybridized carbons (Fsp3) is 0.692. The van der Waals surface area contributed by atoms with Crippen molar-refractivity contribution in [1.82, 2.24) is 9.97 Å². The second kappa shape index (κ2) is 5.96. The lowest BCUT2D eigenvalue weighted by Crippen LogP contribution is -2.16. The maximum absolute atomic E-state index is 5.77. The van der Waals surface area contributed by atoms with E-state index in [0.29, 0.717) is 12.1 Å². The molecule has 0 aromatic carbocycles. The number of ether oxygens (including phenoxy) is 1. The van der Waals surface area contributed by atoms with E-state index in [4.69, 9.17) is 4.74 Å². The molecule has 0 radical (unpaired) electrons. The summed E-state index contributed by atoms with van der Waals surface area (Å²) in [7, 11) is 0. The summed E-state index contributed by atoms with van der Waals surface area (Å²) >= 11 is 0. The molecule has 0 aliphatic heterocycles. The van der Waals surface area contributed by atoms with Crippen LogP contribution in [0, 0.1) is 13.8 Å². The molecule has 1 aromatic heterocycles. The smallest absolute Gasteiger partial charge is 0.223 e. The molecule has 1 aliphatic rings. The summed E-state index contributed by atoms with van der Waals surface area (Å²) in [6.07, 6.45) is 5.56. The number of aromatic nitrogens is 2. The average molecular weight is 235 g/mol. The van der Waals surface area contributed by atoms with Crippen LogP contribution in [0.3, 0.4) is 0 Å². The number of hydrogen-bond acceptors (Lipinski definition) is 4. The van der Waals surface area contributed by atoms with Gasteiger partial charge in [-0.1, -0.05) is 12.8 Å². The molecule has 0 spiro atoms. The van der Waals surface area contributed by atoms with Crippen LogP contribution in [-0.2, 0) is 4.74 Å². The third kappa shape index (κ3) is 3.97. The van der Waals surface area contributed by atoms with Crippen LogP contribution in [0.15, 0.2) is 6.07 Å². The van der Waals surface area contributed by atoms with Crippen molar-refractivity contribution in [2.45, 2.75) is 45.6 Å². The Balaban J connectivity index is 1.70. The highest BCUT2D eigenvalue weighted by molar-refractivity contribution is 5.27. The van der Waals surface area contributed by atoms with E-state index in [0.717, 1.165) is 24.5 Å². The lowest BCUT2D eigenvalue weighted by molar-refractivity contribution is 0.0658. The molecule has 0 atom stereocenters. The first-order valence-electron chi connectivity index (χ1n) is 6.42. The predicted molar refractivity (Wildman–Crippen MR) is 68.2 cm³/mol. The first kappa shape index (κ1) is 12.3. The van der Waals surface area contributed by atoms with Crippen molar-refractivity contribution in [3.05, 3.63) is 17.5 Å². The minimum Gasteiger partial charge on any atom is -0.376 e. The summed E-state index contributed by atoms with van der Waals surface area (Å²) in [5.74, 6) is 0.706. The number of rotatable bonds is 5. The van der Waals surface area contributed by atoms with Crippen LogP contribution in [0.2, 0.25) is 0 Å². The van der Waals surface area contributed by atoms with Gasteiger partial charge in [0.25, 0.3) is 0 Å². The van der Waals surface area contributed by atoms with Crippen LogP contribution in [0.5, 0.6) is 0 Å². The fourth-order valence-corrected chi connectivity index (χ4v) is 2.25. The standard InChI is InChI=1S/C13H21N3O/c1-10-9-11(2)16-13(15-10)14-7-8-17-12-5-3-4-6-12/h9,12H,3-8H2,1-2H3,(H,14,15,16). The van der Waals surface area contributed by atoms with Crippen molar-refractivity contribution in [2.24, 2.45) is 0 Å². The van der Waals surface area contributed by atoms with Crippen molar-refractivity contribution in [2.75, 3.05) is 18.5 Å². The van der Waals surface area contributed by atoms with Crippen molar-refractivity contribution < 1.29 is 4.74 Å². The highest BCUT2D eigenvalue weighted by Gasteiger charge is 2.14. The Labute approximate surface area is 103 Å². The van der Waals surface area contributed by atoms with Gasteiger partial charge in [-0.3, -0.25) is 0 Å². The van der Waals surface area contributed by atoms with Gasteiger partial charge in [-0.05, 0) is 32.8 Å². The summed E-state index contributed by atoms with van der Waals surface area (Å²) in [6.45, 7) is 5.48. The molecule has 1 aliphatic carbocycles. The predicted octanol–water partition coefficient (Wildman–Crippen LogP) is 2.46. The first-order valence-corrected chi connectivity index (χ1v) is 6.42. The van der Waals surface area contributed by atoms with Gasteiger partial charge in [0, 0.05) is 17.9 Å². The summed E-state index contributed by atoms with van der Waals surface area (Å²) in [4.78, 5) is 8.65. The zero-order valence-corrected chi connectivity index (χ0v) is 10.7. The third-order valence-electron chi connectivity index (χ3n) is 3.02. The highest BCUT2D eigenvalue weighted by atomic mass is 16.5. The van der Waals surface area contributed by atoms with Crippen LogP contribution in [0.25, 0.3) is 0 Å². The second-order valence-electron chi connectivity index (χ2n) is 4.68. The minimum atomic E-state index is 0.483. The lowest BCUT2D eigenvalue weighted by atomic mass is 10.3. The summed E-state index contributed by atoms with van der Waals surface area (Å²) in [5.41, 5.74) is 1.99. The molecule has 1 heterocycles. The van der Waals surface area contributed by atoms with Crippen molar-refractivity contribution in [1.29, 1.82) is 0 Å². The van der Waals surface area contributed by atoms with E-state index in [-0.39, 0.29) is 0 Å². The van der Waals surface area contributed by atoms with Crippen molar-refractivity contribution in [3.63, 3.8) is 0 Å². The molecule has 0 unspecified atom stereocenters. The summed E-state index contributed by atoms with van der Waals surface area (Å²) in [5, 5.41) is 3.20. The molecule has 1 N–H and O–H groups in total. The monoisotopic (exact) mass is 235 g/mol. The third-order valence-corrected chi connectivity index (χ3v) is 3.02. The van der Waals surface area contributed by atoms with E-state index in [2.05, 4.69) is 15.3 Å². The number of aryl methyl sites for hydroxylation is 2. The normalized spacial score (nSPS) is 16.4. The van der Waals surface area contributed by atoms with Crippen LogP contribution in [0.4, 0.5) is 5.95 Å². The van der Waals surface area contributed by atoms with E-state index >= 15 is 0 Å². The number of anilines is 1. The van der Waals surface area contributed by atoms with Crippen LogP contribution < -0.4 is 5.32 Å². The maximum atomic E-state index is 5.77. The largest absolute Gasteiger partial charge is 0.376 e. The minimum absolute atomic E-state index is 0.483. The molecule has 4 nitrogen and oxygen atoms in total. The maximum Gasteiger partial charge on any atom is 0.223 e. The fourth-order valence-electron chi connectivity index (χ4n) is 2.25. The molecule has 17 heavy (non-hydrogen) atoms. The van der Waals surface area contributed by atoms with Gasteiger partial charge in [0.15, 0.2) is 0 Å². The molecule has 0 amide bonds. The van der Waals surface area contributed by atoms with Gasteiger partial charge in [-0.25, -0.2) is 9.97 Å². The molecule has 4 heteroatoms. The van der Waals surface area contributed by atoms with Gasteiger partial charge in [0.05, 0.1) is 12.7 Å². The quantitative estimate of drug-likeness (QED) is 0.796. The molecule has 1 aromatic rings. The SMILES string of the molecule is Cc1cc(C)nc(NCCOC2CCCC2)n1. The second-order valence-corrected chi connectivity index (χ2v) is 4.68. The lowest BCUT2D eigenvalue weighted by Gasteiger charge is -2.11. The highest BCUT2D eigenvalue weighted by Crippen LogP contribution is 2.20. The average Bonchev–Trinajstić information content (AvgIpc) is 2.76. The molecule has 0 bridgehead atoms. The van der Waals surface area contributed by atoms with Gasteiger partial charge in [0.2, 0.25) is 5.95 Å².